The minimum Gasteiger partial charge on any atom is -0.297 e. The first-order valence-corrected chi connectivity index (χ1v) is 9.62. The summed E-state index contributed by atoms with van der Waals surface area (Å²) in [6.45, 7) is 9.44. The number of halogens is 3. The quantitative estimate of drug-likeness (QED) is 0.640. The molecule has 7 atom stereocenters. The third-order valence-electron chi connectivity index (χ3n) is 6.77. The van der Waals surface area contributed by atoms with E-state index in [1.165, 1.54) is 26.2 Å². The van der Waals surface area contributed by atoms with Gasteiger partial charge in [0.15, 0.2) is 0 Å². The lowest BCUT2D eigenvalue weighted by Crippen LogP contribution is -2.57. The van der Waals surface area contributed by atoms with Crippen LogP contribution in [0.2, 0.25) is 0 Å². The summed E-state index contributed by atoms with van der Waals surface area (Å²) in [7, 11) is 0. The van der Waals surface area contributed by atoms with Crippen LogP contribution in [0.1, 0.15) is 73.1 Å². The van der Waals surface area contributed by atoms with E-state index in [2.05, 4.69) is 26.3 Å². The van der Waals surface area contributed by atoms with E-state index in [4.69, 9.17) is 4.84 Å². The van der Waals surface area contributed by atoms with Gasteiger partial charge in [-0.1, -0.05) is 40.5 Å². The molecule has 24 heavy (non-hydrogen) atoms. The number of hydroxylamine groups is 1. The molecule has 5 heteroatoms. The van der Waals surface area contributed by atoms with Crippen LogP contribution >= 0.6 is 0 Å². The lowest BCUT2D eigenvalue weighted by atomic mass is 9.58. The maximum Gasteiger partial charge on any atom is 0.408 e. The Morgan fingerprint density at radius 3 is 2.29 bits per heavy atom. The van der Waals surface area contributed by atoms with Crippen LogP contribution in [0.15, 0.2) is 0 Å². The topological polar surface area (TPSA) is 21.3 Å². The van der Waals surface area contributed by atoms with Crippen molar-refractivity contribution in [3.05, 3.63) is 0 Å². The largest absolute Gasteiger partial charge is 0.408 e. The first-order valence-electron chi connectivity index (χ1n) is 9.62. The van der Waals surface area contributed by atoms with Crippen LogP contribution in [0.5, 0.6) is 0 Å². The first-order chi connectivity index (χ1) is 11.1. The van der Waals surface area contributed by atoms with E-state index < -0.39 is 11.7 Å². The van der Waals surface area contributed by atoms with Gasteiger partial charge in [-0.05, 0) is 62.2 Å². The molecule has 0 spiro atoms. The SMILES string of the molecule is CCC1C2C(CC[C@@H]1C)C[C@H](C)C[C@@H]2ONC(C)(CC)C(F)(F)F. The highest BCUT2D eigenvalue weighted by Gasteiger charge is 2.52. The number of rotatable bonds is 5. The summed E-state index contributed by atoms with van der Waals surface area (Å²) in [6.07, 6.45) is 1.10. The molecule has 2 aliphatic carbocycles. The lowest BCUT2D eigenvalue weighted by Gasteiger charge is -2.50. The fraction of sp³-hybridized carbons (Fsp3) is 1.00. The van der Waals surface area contributed by atoms with Gasteiger partial charge in [0, 0.05) is 0 Å². The van der Waals surface area contributed by atoms with Gasteiger partial charge < -0.3 is 0 Å². The Kier molecular flexibility index (Phi) is 6.28. The van der Waals surface area contributed by atoms with Crippen molar-refractivity contribution in [3.8, 4) is 0 Å². The van der Waals surface area contributed by atoms with E-state index in [0.717, 1.165) is 12.8 Å². The Labute approximate surface area is 144 Å². The van der Waals surface area contributed by atoms with Crippen molar-refractivity contribution < 1.29 is 18.0 Å². The van der Waals surface area contributed by atoms with Crippen LogP contribution in [0.25, 0.3) is 0 Å². The molecule has 4 unspecified atom stereocenters. The van der Waals surface area contributed by atoms with E-state index in [1.807, 2.05) is 0 Å². The average Bonchev–Trinajstić information content (AvgIpc) is 2.51. The Morgan fingerprint density at radius 1 is 1.08 bits per heavy atom. The third kappa shape index (κ3) is 3.92. The molecule has 0 amide bonds. The maximum absolute atomic E-state index is 13.3. The summed E-state index contributed by atoms with van der Waals surface area (Å²) in [5, 5.41) is 0. The van der Waals surface area contributed by atoms with Crippen molar-refractivity contribution in [1.29, 1.82) is 0 Å². The molecule has 0 aromatic rings. The molecule has 2 rings (SSSR count). The van der Waals surface area contributed by atoms with Crippen LogP contribution in [-0.2, 0) is 4.84 Å². The predicted octanol–water partition coefficient (Wildman–Crippen LogP) is 5.73. The Morgan fingerprint density at radius 2 is 1.75 bits per heavy atom. The van der Waals surface area contributed by atoms with Gasteiger partial charge in [-0.25, -0.2) is 0 Å². The summed E-state index contributed by atoms with van der Waals surface area (Å²) < 4.78 is 40.0. The number of alkyl halides is 3. The minimum absolute atomic E-state index is 0.0412. The molecule has 1 N–H and O–H groups in total. The fourth-order valence-electron chi connectivity index (χ4n) is 4.97. The van der Waals surface area contributed by atoms with Crippen molar-refractivity contribution in [3.63, 3.8) is 0 Å². The first kappa shape index (κ1) is 20.0. The highest BCUT2D eigenvalue weighted by Crippen LogP contribution is 2.50. The summed E-state index contributed by atoms with van der Waals surface area (Å²) in [5.41, 5.74) is 0.463. The van der Waals surface area contributed by atoms with E-state index >= 15 is 0 Å². The smallest absolute Gasteiger partial charge is 0.297 e. The van der Waals surface area contributed by atoms with Gasteiger partial charge in [-0.15, -0.1) is 0 Å². The summed E-state index contributed by atoms with van der Waals surface area (Å²) in [5.74, 6) is 2.69. The zero-order valence-corrected chi connectivity index (χ0v) is 15.7. The van der Waals surface area contributed by atoms with Gasteiger partial charge in [0.25, 0.3) is 0 Å². The summed E-state index contributed by atoms with van der Waals surface area (Å²) >= 11 is 0. The molecule has 2 fully saturated rings. The molecular weight excluding hydrogens is 315 g/mol. The number of hydrogen-bond donors (Lipinski definition) is 1. The molecule has 142 valence electrons. The van der Waals surface area contributed by atoms with Gasteiger partial charge in [-0.3, -0.25) is 4.84 Å². The molecule has 2 saturated carbocycles. The molecular formula is C19H34F3NO. The normalized spacial score (nSPS) is 40.0. The fourth-order valence-corrected chi connectivity index (χ4v) is 4.97. The summed E-state index contributed by atoms with van der Waals surface area (Å²) in [4.78, 5) is 5.82. The maximum atomic E-state index is 13.3. The van der Waals surface area contributed by atoms with Gasteiger partial charge in [0.05, 0.1) is 6.10 Å². The van der Waals surface area contributed by atoms with Crippen molar-refractivity contribution in [2.24, 2.45) is 29.6 Å². The Bertz CT molecular complexity index is 414. The minimum atomic E-state index is -4.31. The second kappa shape index (κ2) is 7.53. The molecule has 2 aliphatic rings. The number of nitrogens with one attached hydrogen (secondary N) is 1. The average molecular weight is 349 g/mol. The standard InChI is InChI=1S/C19H34F3NO/c1-6-15-13(4)8-9-14-10-12(3)11-16(17(14)15)24-23-18(5,7-2)19(20,21)22/h12-17,23H,6-11H2,1-5H3/t12-,13-,14?,15?,16-,17?,18?/m0/s1. The molecule has 0 aromatic carbocycles. The zero-order chi connectivity index (χ0) is 18.1. The third-order valence-corrected chi connectivity index (χ3v) is 6.77. The highest BCUT2D eigenvalue weighted by atomic mass is 19.4. The Hall–Kier alpha value is -0.290. The summed E-state index contributed by atoms with van der Waals surface area (Å²) in [6, 6.07) is 0. The molecule has 0 radical (unpaired) electrons. The van der Waals surface area contributed by atoms with Crippen molar-refractivity contribution in [1.82, 2.24) is 5.48 Å². The van der Waals surface area contributed by atoms with Gasteiger partial charge in [0.2, 0.25) is 0 Å². The van der Waals surface area contributed by atoms with E-state index in [0.29, 0.717) is 29.6 Å². The second-order valence-electron chi connectivity index (χ2n) is 8.48. The zero-order valence-electron chi connectivity index (χ0n) is 15.7. The van der Waals surface area contributed by atoms with Crippen LogP contribution in [0, 0.1) is 29.6 Å². The predicted molar refractivity (Wildman–Crippen MR) is 90.3 cm³/mol. The van der Waals surface area contributed by atoms with E-state index in [9.17, 15) is 13.2 Å². The molecule has 2 nitrogen and oxygen atoms in total. The van der Waals surface area contributed by atoms with Crippen LogP contribution in [0.4, 0.5) is 13.2 Å². The molecule has 0 heterocycles. The van der Waals surface area contributed by atoms with Crippen LogP contribution in [-0.4, -0.2) is 17.8 Å². The monoisotopic (exact) mass is 349 g/mol. The highest BCUT2D eigenvalue weighted by molar-refractivity contribution is 4.95. The van der Waals surface area contributed by atoms with Gasteiger partial charge >= 0.3 is 6.18 Å². The number of fused-ring (bicyclic) bond motifs is 1. The van der Waals surface area contributed by atoms with Crippen LogP contribution in [0.3, 0.4) is 0 Å². The lowest BCUT2D eigenvalue weighted by molar-refractivity contribution is -0.245. The molecule has 0 bridgehead atoms. The molecule has 0 aliphatic heterocycles. The van der Waals surface area contributed by atoms with Crippen molar-refractivity contribution >= 4 is 0 Å². The van der Waals surface area contributed by atoms with Crippen molar-refractivity contribution in [2.45, 2.75) is 91.0 Å². The molecule has 0 saturated heterocycles. The van der Waals surface area contributed by atoms with E-state index in [-0.39, 0.29) is 12.5 Å². The second-order valence-corrected chi connectivity index (χ2v) is 8.48. The van der Waals surface area contributed by atoms with Crippen LogP contribution < -0.4 is 5.48 Å². The van der Waals surface area contributed by atoms with Crippen molar-refractivity contribution in [2.75, 3.05) is 0 Å². The van der Waals surface area contributed by atoms with Gasteiger partial charge in [0.1, 0.15) is 5.54 Å². The van der Waals surface area contributed by atoms with E-state index in [1.54, 1.807) is 6.92 Å². The van der Waals surface area contributed by atoms with Gasteiger partial charge in [-0.2, -0.15) is 18.7 Å². The number of hydrogen-bond acceptors (Lipinski definition) is 2. The molecule has 0 aromatic heterocycles. The Balaban J connectivity index is 2.14.